The molecule has 2 N–H and O–H groups in total. The van der Waals surface area contributed by atoms with Gasteiger partial charge in [0.2, 0.25) is 0 Å². The maximum Gasteiger partial charge on any atom is 0.268 e. The number of nitrogens with zero attached hydrogens (tertiary/aromatic N) is 5. The zero-order chi connectivity index (χ0) is 36.9. The number of nitriles is 3. The van der Waals surface area contributed by atoms with E-state index in [0.717, 1.165) is 61.7 Å². The van der Waals surface area contributed by atoms with Crippen molar-refractivity contribution in [2.24, 2.45) is 0 Å². The normalized spacial score (nSPS) is 13.5. The third kappa shape index (κ3) is 5.65. The summed E-state index contributed by atoms with van der Waals surface area (Å²) in [7, 11) is 0. The molecule has 4 aromatic carbocycles. The quantitative estimate of drug-likeness (QED) is 0.193. The molecule has 52 heavy (non-hydrogen) atoms. The Morgan fingerprint density at radius 3 is 1.56 bits per heavy atom. The van der Waals surface area contributed by atoms with E-state index in [2.05, 4.69) is 78.4 Å². The van der Waals surface area contributed by atoms with Crippen molar-refractivity contribution in [1.82, 2.24) is 19.8 Å². The summed E-state index contributed by atoms with van der Waals surface area (Å²) in [5.74, 6) is -0.127. The van der Waals surface area contributed by atoms with Gasteiger partial charge >= 0.3 is 0 Å². The molecule has 0 radical (unpaired) electrons. The summed E-state index contributed by atoms with van der Waals surface area (Å²) in [6.45, 7) is 13.1. The fourth-order valence-corrected chi connectivity index (χ4v) is 7.54. The van der Waals surface area contributed by atoms with E-state index >= 15 is 0 Å². The van der Waals surface area contributed by atoms with Crippen LogP contribution in [0.4, 0.5) is 0 Å². The Bertz CT molecular complexity index is 2590. The Kier molecular flexibility index (Phi) is 8.41. The third-order valence-corrected chi connectivity index (χ3v) is 10.1. The van der Waals surface area contributed by atoms with Gasteiger partial charge in [0.1, 0.15) is 11.4 Å². The van der Waals surface area contributed by atoms with Gasteiger partial charge in [-0.1, -0.05) is 57.2 Å². The number of rotatable bonds is 2. The Morgan fingerprint density at radius 1 is 0.615 bits per heavy atom. The molecular formula is C43H37N7O2. The van der Waals surface area contributed by atoms with Crippen LogP contribution >= 0.6 is 0 Å². The summed E-state index contributed by atoms with van der Waals surface area (Å²) >= 11 is 0. The summed E-state index contributed by atoms with van der Waals surface area (Å²) in [6, 6.07) is 30.0. The van der Waals surface area contributed by atoms with E-state index in [1.807, 2.05) is 60.9 Å². The van der Waals surface area contributed by atoms with Gasteiger partial charge in [-0.15, -0.1) is 0 Å². The van der Waals surface area contributed by atoms with Crippen molar-refractivity contribution >= 4 is 33.6 Å². The van der Waals surface area contributed by atoms with Crippen molar-refractivity contribution in [2.75, 3.05) is 13.1 Å². The second kappa shape index (κ2) is 12.9. The standard InChI is InChI=1S/C23H23N3O.C20H14N4O/c1-14-18-11-15(13-24)12-19(16-5-7-17(8-6-16)23(2,3)4)21(18)26-10-9-25-22(27)20(14)26;1-12-16-8-14(11-22)9-17(15-4-2-3-13(7-15)10-21)19(16)24-6-5-23-20(25)18(12)24/h5-8,11-12H,9-10H2,1-4H3,(H,25,27);2-4,7-9H,5-6H2,1H3,(H,23,25). The van der Waals surface area contributed by atoms with E-state index in [9.17, 15) is 25.4 Å². The van der Waals surface area contributed by atoms with Gasteiger partial charge in [-0.05, 0) is 83.5 Å². The lowest BCUT2D eigenvalue weighted by atomic mass is 9.86. The van der Waals surface area contributed by atoms with E-state index in [4.69, 9.17) is 0 Å². The number of aromatic nitrogens is 2. The molecule has 0 fully saturated rings. The minimum absolute atomic E-state index is 0.0394. The molecule has 0 atom stereocenters. The highest BCUT2D eigenvalue weighted by molar-refractivity contribution is 6.08. The van der Waals surface area contributed by atoms with E-state index in [0.29, 0.717) is 47.7 Å². The zero-order valence-electron chi connectivity index (χ0n) is 29.8. The minimum atomic E-state index is -0.0878. The van der Waals surface area contributed by atoms with E-state index in [1.54, 1.807) is 6.07 Å². The van der Waals surface area contributed by atoms with Crippen LogP contribution in [0.1, 0.15) is 75.1 Å². The van der Waals surface area contributed by atoms with Crippen molar-refractivity contribution in [1.29, 1.82) is 15.8 Å². The first kappa shape index (κ1) is 33.8. The molecule has 0 saturated heterocycles. The molecule has 0 saturated carbocycles. The summed E-state index contributed by atoms with van der Waals surface area (Å²) in [5, 5.41) is 35.8. The van der Waals surface area contributed by atoms with Gasteiger partial charge in [0.15, 0.2) is 0 Å². The monoisotopic (exact) mass is 683 g/mol. The van der Waals surface area contributed by atoms with Crippen LogP contribution in [0.25, 0.3) is 44.1 Å². The zero-order valence-corrected chi connectivity index (χ0v) is 29.8. The van der Waals surface area contributed by atoms with Gasteiger partial charge in [-0.3, -0.25) is 9.59 Å². The largest absolute Gasteiger partial charge is 0.349 e. The number of fused-ring (bicyclic) bond motifs is 6. The highest BCUT2D eigenvalue weighted by Crippen LogP contribution is 2.38. The second-order valence-electron chi connectivity index (χ2n) is 14.3. The SMILES string of the molecule is Cc1c2n(c3c(-c4ccc(C(C)(C)C)cc4)cc(C#N)cc13)CCNC2=O.Cc1c2n(c3c(-c4cccc(C#N)c4)cc(C#N)cc13)CCNC2=O. The number of hydrogen-bond donors (Lipinski definition) is 2. The fraction of sp³-hybridized carbons (Fsp3) is 0.233. The fourth-order valence-electron chi connectivity index (χ4n) is 7.54. The summed E-state index contributed by atoms with van der Waals surface area (Å²) in [4.78, 5) is 24.8. The minimum Gasteiger partial charge on any atom is -0.349 e. The van der Waals surface area contributed by atoms with E-state index in [-0.39, 0.29) is 17.2 Å². The molecule has 0 aliphatic carbocycles. The van der Waals surface area contributed by atoms with Gasteiger partial charge in [0.25, 0.3) is 11.8 Å². The van der Waals surface area contributed by atoms with Crippen molar-refractivity contribution in [3.63, 3.8) is 0 Å². The molecular weight excluding hydrogens is 647 g/mol. The smallest absolute Gasteiger partial charge is 0.268 e. The second-order valence-corrected chi connectivity index (χ2v) is 14.3. The summed E-state index contributed by atoms with van der Waals surface area (Å²) in [5.41, 5.74) is 12.0. The molecule has 2 aliphatic rings. The van der Waals surface area contributed by atoms with E-state index < -0.39 is 0 Å². The van der Waals surface area contributed by atoms with Gasteiger partial charge in [0.05, 0.1) is 45.9 Å². The predicted octanol–water partition coefficient (Wildman–Crippen LogP) is 7.63. The molecule has 2 amide bonds. The van der Waals surface area contributed by atoms with Crippen molar-refractivity contribution in [3.05, 3.63) is 118 Å². The van der Waals surface area contributed by atoms with E-state index in [1.165, 1.54) is 5.56 Å². The Morgan fingerprint density at radius 2 is 1.10 bits per heavy atom. The van der Waals surface area contributed by atoms with Crippen molar-refractivity contribution < 1.29 is 9.59 Å². The first-order chi connectivity index (χ1) is 24.9. The Hall–Kier alpha value is -6.63. The summed E-state index contributed by atoms with van der Waals surface area (Å²) in [6.07, 6.45) is 0. The number of nitrogens with one attached hydrogen (secondary N) is 2. The first-order valence-electron chi connectivity index (χ1n) is 17.3. The van der Waals surface area contributed by atoms with Crippen LogP contribution in [0.15, 0.2) is 72.8 Å². The van der Waals surface area contributed by atoms with Gasteiger partial charge < -0.3 is 19.8 Å². The maximum absolute atomic E-state index is 12.4. The molecule has 6 aromatic rings. The lowest BCUT2D eigenvalue weighted by molar-refractivity contribution is 0.0920. The number of hydrogen-bond acceptors (Lipinski definition) is 5. The number of carbonyl (C=O) groups is 2. The van der Waals surface area contributed by atoms with Crippen molar-refractivity contribution in [2.45, 2.75) is 53.1 Å². The number of carbonyl (C=O) groups excluding carboxylic acids is 2. The third-order valence-electron chi connectivity index (χ3n) is 10.1. The highest BCUT2D eigenvalue weighted by Gasteiger charge is 2.27. The molecule has 8 rings (SSSR count). The molecule has 0 spiro atoms. The lowest BCUT2D eigenvalue weighted by Crippen LogP contribution is -2.35. The van der Waals surface area contributed by atoms with Crippen LogP contribution in [-0.2, 0) is 18.5 Å². The number of aryl methyl sites for hydroxylation is 2. The molecule has 9 heteroatoms. The molecule has 0 unspecified atom stereocenters. The van der Waals surface area contributed by atoms with Crippen LogP contribution in [0, 0.1) is 47.8 Å². The first-order valence-corrected chi connectivity index (χ1v) is 17.3. The van der Waals surface area contributed by atoms with Gasteiger partial charge in [0, 0.05) is 48.1 Å². The number of amides is 2. The van der Waals surface area contributed by atoms with Crippen LogP contribution in [0.5, 0.6) is 0 Å². The molecule has 0 bridgehead atoms. The molecule has 256 valence electrons. The lowest BCUT2D eigenvalue weighted by Gasteiger charge is -2.20. The molecule has 2 aliphatic heterocycles. The van der Waals surface area contributed by atoms with Crippen LogP contribution in [0.3, 0.4) is 0 Å². The molecule has 2 aromatic heterocycles. The van der Waals surface area contributed by atoms with Crippen LogP contribution in [-0.4, -0.2) is 34.0 Å². The average Bonchev–Trinajstić information content (AvgIpc) is 3.62. The average molecular weight is 684 g/mol. The highest BCUT2D eigenvalue weighted by atomic mass is 16.2. The topological polar surface area (TPSA) is 139 Å². The Balaban J connectivity index is 0.000000162. The predicted molar refractivity (Wildman–Crippen MR) is 202 cm³/mol. The molecule has 9 nitrogen and oxygen atoms in total. The van der Waals surface area contributed by atoms with Crippen molar-refractivity contribution in [3.8, 4) is 40.5 Å². The van der Waals surface area contributed by atoms with Gasteiger partial charge in [-0.2, -0.15) is 15.8 Å². The summed E-state index contributed by atoms with van der Waals surface area (Å²) < 4.78 is 4.14. The molecule has 4 heterocycles. The van der Waals surface area contributed by atoms with Gasteiger partial charge in [-0.25, -0.2) is 0 Å². The van der Waals surface area contributed by atoms with Crippen LogP contribution in [0.2, 0.25) is 0 Å². The Labute approximate surface area is 302 Å². The maximum atomic E-state index is 12.4. The number of benzene rings is 4. The van der Waals surface area contributed by atoms with Crippen LogP contribution < -0.4 is 10.6 Å².